The Morgan fingerprint density at radius 2 is 1.86 bits per heavy atom. The molecule has 0 aliphatic heterocycles. The largest absolute Gasteiger partial charge is 0.325 e. The summed E-state index contributed by atoms with van der Waals surface area (Å²) in [6.07, 6.45) is 0. The monoisotopic (exact) mass is 444 g/mol. The van der Waals surface area contributed by atoms with Gasteiger partial charge in [0.25, 0.3) is 0 Å². The maximum absolute atomic E-state index is 12.6. The molecule has 0 fully saturated rings. The summed E-state index contributed by atoms with van der Waals surface area (Å²) in [5.74, 6) is -0.0851. The quantitative estimate of drug-likeness (QED) is 0.524. The number of hydrogen-bond donors (Lipinski definition) is 2. The Balaban J connectivity index is 1.51. The minimum Gasteiger partial charge on any atom is -0.325 e. The highest BCUT2D eigenvalue weighted by atomic mass is 32.2. The number of nitrogens with zero attached hydrogens (tertiary/aromatic N) is 2. The first kappa shape index (κ1) is 21.4. The Bertz CT molecular complexity index is 962. The molecular weight excluding hydrogens is 424 g/mol. The van der Waals surface area contributed by atoms with Gasteiger partial charge in [0, 0.05) is 10.6 Å². The first-order chi connectivity index (χ1) is 14.0. The van der Waals surface area contributed by atoms with Crippen molar-refractivity contribution in [3.05, 3.63) is 59.6 Å². The zero-order valence-electron chi connectivity index (χ0n) is 15.9. The number of para-hydroxylation sites is 1. The summed E-state index contributed by atoms with van der Waals surface area (Å²) in [4.78, 5) is 25.6. The van der Waals surface area contributed by atoms with Crippen molar-refractivity contribution in [2.75, 3.05) is 16.4 Å². The lowest BCUT2D eigenvalue weighted by atomic mass is 10.2. The van der Waals surface area contributed by atoms with E-state index in [1.807, 2.05) is 55.5 Å². The van der Waals surface area contributed by atoms with Crippen LogP contribution >= 0.6 is 34.9 Å². The molecule has 2 amide bonds. The van der Waals surface area contributed by atoms with Gasteiger partial charge < -0.3 is 10.6 Å². The highest BCUT2D eigenvalue weighted by Gasteiger charge is 2.17. The molecule has 3 aromatic rings. The molecule has 1 atom stereocenters. The second-order valence-corrected chi connectivity index (χ2v) is 9.61. The molecule has 9 heteroatoms. The lowest BCUT2D eigenvalue weighted by Crippen LogP contribution is -2.25. The summed E-state index contributed by atoms with van der Waals surface area (Å²) in [5.41, 5.74) is 4.27. The number of thioether (sulfide) groups is 1. The van der Waals surface area contributed by atoms with Crippen LogP contribution in [0.1, 0.15) is 12.5 Å². The van der Waals surface area contributed by atoms with Gasteiger partial charge in [0.2, 0.25) is 11.8 Å². The van der Waals surface area contributed by atoms with Crippen LogP contribution in [-0.2, 0) is 9.59 Å². The number of anilines is 2. The van der Waals surface area contributed by atoms with E-state index in [1.165, 1.54) is 34.9 Å². The van der Waals surface area contributed by atoms with E-state index >= 15 is 0 Å². The van der Waals surface area contributed by atoms with Gasteiger partial charge in [-0.2, -0.15) is 0 Å². The highest BCUT2D eigenvalue weighted by Crippen LogP contribution is 2.34. The Labute approximate surface area is 181 Å². The number of aromatic nitrogens is 2. The van der Waals surface area contributed by atoms with E-state index in [2.05, 4.69) is 20.8 Å². The molecule has 6 nitrogen and oxygen atoms in total. The molecule has 1 heterocycles. The summed E-state index contributed by atoms with van der Waals surface area (Å²) in [6, 6.07) is 15.2. The van der Waals surface area contributed by atoms with E-state index in [9.17, 15) is 9.59 Å². The van der Waals surface area contributed by atoms with Gasteiger partial charge in [-0.25, -0.2) is 0 Å². The molecular formula is C20H20N4O2S3. The van der Waals surface area contributed by atoms with Gasteiger partial charge >= 0.3 is 0 Å². The van der Waals surface area contributed by atoms with Crippen molar-refractivity contribution in [3.63, 3.8) is 0 Å². The third kappa shape index (κ3) is 6.59. The lowest BCUT2D eigenvalue weighted by molar-refractivity contribution is -0.115. The maximum Gasteiger partial charge on any atom is 0.237 e. The number of carbonyl (C=O) groups is 2. The van der Waals surface area contributed by atoms with Crippen molar-refractivity contribution in [1.29, 1.82) is 0 Å². The fraction of sp³-hybridized carbons (Fsp3) is 0.200. The molecule has 0 aliphatic carbocycles. The second kappa shape index (κ2) is 10.4. The molecule has 0 bridgehead atoms. The van der Waals surface area contributed by atoms with Gasteiger partial charge in [0.15, 0.2) is 4.34 Å². The third-order valence-corrected chi connectivity index (χ3v) is 6.85. The molecule has 0 saturated heterocycles. The number of amides is 2. The second-order valence-electron chi connectivity index (χ2n) is 6.16. The number of aryl methyl sites for hydroxylation is 1. The average Bonchev–Trinajstić information content (AvgIpc) is 3.22. The molecule has 1 unspecified atom stereocenters. The minimum atomic E-state index is -0.377. The zero-order valence-corrected chi connectivity index (χ0v) is 18.4. The van der Waals surface area contributed by atoms with Crippen molar-refractivity contribution in [2.24, 2.45) is 0 Å². The fourth-order valence-corrected chi connectivity index (χ4v) is 4.51. The summed E-state index contributed by atoms with van der Waals surface area (Å²) in [7, 11) is 0. The predicted octanol–water partition coefficient (Wildman–Crippen LogP) is 4.70. The zero-order chi connectivity index (χ0) is 20.6. The SMILES string of the molecule is Cc1ccc(NC(=O)CSC(C)C(=O)Nc2ccccc2Sc2nncs2)cc1. The van der Waals surface area contributed by atoms with Gasteiger partial charge in [-0.1, -0.05) is 52.9 Å². The molecule has 29 heavy (non-hydrogen) atoms. The van der Waals surface area contributed by atoms with E-state index in [4.69, 9.17) is 0 Å². The number of benzene rings is 2. The van der Waals surface area contributed by atoms with Gasteiger partial charge in [0.1, 0.15) is 5.51 Å². The molecule has 0 radical (unpaired) electrons. The number of rotatable bonds is 8. The van der Waals surface area contributed by atoms with Crippen LogP contribution in [0.5, 0.6) is 0 Å². The van der Waals surface area contributed by atoms with E-state index in [-0.39, 0.29) is 22.8 Å². The van der Waals surface area contributed by atoms with E-state index in [1.54, 1.807) is 12.4 Å². The molecule has 0 aliphatic rings. The van der Waals surface area contributed by atoms with Crippen LogP contribution in [0.15, 0.2) is 63.3 Å². The molecule has 2 N–H and O–H groups in total. The fourth-order valence-electron chi connectivity index (χ4n) is 2.31. The van der Waals surface area contributed by atoms with E-state index in [0.29, 0.717) is 5.69 Å². The van der Waals surface area contributed by atoms with Crippen LogP contribution in [0.25, 0.3) is 0 Å². The average molecular weight is 445 g/mol. The maximum atomic E-state index is 12.6. The first-order valence-electron chi connectivity index (χ1n) is 8.83. The van der Waals surface area contributed by atoms with Crippen molar-refractivity contribution >= 4 is 58.0 Å². The standard InChI is InChI=1S/C20H20N4O2S3/c1-13-7-9-15(10-8-13)22-18(25)11-27-14(2)19(26)23-16-5-3-4-6-17(16)29-20-24-21-12-28-20/h3-10,12,14H,11H2,1-2H3,(H,22,25)(H,23,26). The summed E-state index contributed by atoms with van der Waals surface area (Å²) in [5, 5.41) is 13.3. The number of carbonyl (C=O) groups excluding carboxylic acids is 2. The normalized spacial score (nSPS) is 11.7. The van der Waals surface area contributed by atoms with Crippen LogP contribution < -0.4 is 10.6 Å². The van der Waals surface area contributed by atoms with Crippen LogP contribution in [0.4, 0.5) is 11.4 Å². The van der Waals surface area contributed by atoms with Crippen molar-refractivity contribution in [3.8, 4) is 0 Å². The number of nitrogens with one attached hydrogen (secondary N) is 2. The van der Waals surface area contributed by atoms with Gasteiger partial charge in [0.05, 0.1) is 16.7 Å². The van der Waals surface area contributed by atoms with Crippen LogP contribution in [0.3, 0.4) is 0 Å². The van der Waals surface area contributed by atoms with Crippen molar-refractivity contribution < 1.29 is 9.59 Å². The van der Waals surface area contributed by atoms with E-state index in [0.717, 1.165) is 20.5 Å². The molecule has 3 rings (SSSR count). The molecule has 1 aromatic heterocycles. The Morgan fingerprint density at radius 3 is 2.59 bits per heavy atom. The first-order valence-corrected chi connectivity index (χ1v) is 11.6. The minimum absolute atomic E-state index is 0.134. The molecule has 2 aromatic carbocycles. The molecule has 150 valence electrons. The summed E-state index contributed by atoms with van der Waals surface area (Å²) >= 11 is 4.19. The van der Waals surface area contributed by atoms with Crippen LogP contribution in [0.2, 0.25) is 0 Å². The van der Waals surface area contributed by atoms with Gasteiger partial charge in [-0.15, -0.1) is 22.0 Å². The highest BCUT2D eigenvalue weighted by molar-refractivity contribution is 8.01. The molecule has 0 spiro atoms. The Hall–Kier alpha value is -2.36. The van der Waals surface area contributed by atoms with Crippen molar-refractivity contribution in [2.45, 2.75) is 28.3 Å². The predicted molar refractivity (Wildman–Crippen MR) is 121 cm³/mol. The van der Waals surface area contributed by atoms with E-state index < -0.39 is 0 Å². The van der Waals surface area contributed by atoms with Crippen molar-refractivity contribution in [1.82, 2.24) is 10.2 Å². The Kier molecular flexibility index (Phi) is 7.68. The molecule has 0 saturated carbocycles. The number of hydrogen-bond acceptors (Lipinski definition) is 7. The lowest BCUT2D eigenvalue weighted by Gasteiger charge is -2.14. The van der Waals surface area contributed by atoms with Crippen LogP contribution in [-0.4, -0.2) is 33.0 Å². The van der Waals surface area contributed by atoms with Gasteiger partial charge in [-0.3, -0.25) is 9.59 Å². The Morgan fingerprint density at radius 1 is 1.10 bits per heavy atom. The van der Waals surface area contributed by atoms with Crippen LogP contribution in [0, 0.1) is 6.92 Å². The topological polar surface area (TPSA) is 84.0 Å². The smallest absolute Gasteiger partial charge is 0.237 e. The third-order valence-electron chi connectivity index (χ3n) is 3.85. The summed E-state index contributed by atoms with van der Waals surface area (Å²) < 4.78 is 0.807. The summed E-state index contributed by atoms with van der Waals surface area (Å²) in [6.45, 7) is 3.78. The van der Waals surface area contributed by atoms with Gasteiger partial charge in [-0.05, 0) is 38.1 Å².